The number of aromatic nitrogens is 3. The number of hydrogen-bond donors (Lipinski definition) is 1. The van der Waals surface area contributed by atoms with Gasteiger partial charge in [0, 0.05) is 24.2 Å². The standard InChI is InChI=1S/C16H20N4O/c1-10(2)13-16(5-3-6-16)8-20(13)15(21)11-4-7-17-14-12(11)18-9-19-14/h4,7,9-10,13H,3,5-6,8H2,1-2H3,(H,17,18,19). The predicted octanol–water partition coefficient (Wildman–Crippen LogP) is 2.61. The fraction of sp³-hybridized carbons (Fsp3) is 0.562. The zero-order valence-electron chi connectivity index (χ0n) is 12.5. The van der Waals surface area contributed by atoms with Crippen molar-refractivity contribution in [3.63, 3.8) is 0 Å². The summed E-state index contributed by atoms with van der Waals surface area (Å²) in [6, 6.07) is 2.18. The van der Waals surface area contributed by atoms with Crippen LogP contribution in [0.15, 0.2) is 18.6 Å². The Hall–Kier alpha value is -1.91. The zero-order valence-corrected chi connectivity index (χ0v) is 12.5. The molecule has 110 valence electrons. The third kappa shape index (κ3) is 1.66. The number of nitrogens with one attached hydrogen (secondary N) is 1. The fourth-order valence-electron chi connectivity index (χ4n) is 4.28. The Morgan fingerprint density at radius 3 is 2.90 bits per heavy atom. The van der Waals surface area contributed by atoms with E-state index in [2.05, 4.69) is 33.7 Å². The van der Waals surface area contributed by atoms with Crippen LogP contribution in [0.5, 0.6) is 0 Å². The third-order valence-corrected chi connectivity index (χ3v) is 5.25. The average molecular weight is 284 g/mol. The van der Waals surface area contributed by atoms with Gasteiger partial charge in [0.25, 0.3) is 5.91 Å². The molecule has 0 bridgehead atoms. The Labute approximate surface area is 123 Å². The first kappa shape index (κ1) is 12.8. The van der Waals surface area contributed by atoms with Crippen LogP contribution in [0.2, 0.25) is 0 Å². The normalized spacial score (nSPS) is 23.4. The number of hydrogen-bond acceptors (Lipinski definition) is 3. The van der Waals surface area contributed by atoms with Crippen LogP contribution in [0.4, 0.5) is 0 Å². The molecule has 5 heteroatoms. The van der Waals surface area contributed by atoms with Gasteiger partial charge in [0.2, 0.25) is 0 Å². The van der Waals surface area contributed by atoms with Crippen molar-refractivity contribution in [1.29, 1.82) is 0 Å². The molecule has 2 aliphatic rings. The number of rotatable bonds is 2. The van der Waals surface area contributed by atoms with Crippen molar-refractivity contribution in [2.45, 2.75) is 39.2 Å². The maximum Gasteiger partial charge on any atom is 0.256 e. The molecule has 1 aliphatic carbocycles. The van der Waals surface area contributed by atoms with Gasteiger partial charge < -0.3 is 9.88 Å². The summed E-state index contributed by atoms with van der Waals surface area (Å²) in [5.74, 6) is 0.616. The summed E-state index contributed by atoms with van der Waals surface area (Å²) in [5.41, 5.74) is 2.46. The van der Waals surface area contributed by atoms with Crippen molar-refractivity contribution in [3.8, 4) is 0 Å². The highest BCUT2D eigenvalue weighted by Gasteiger charge is 2.58. The summed E-state index contributed by atoms with van der Waals surface area (Å²) >= 11 is 0. The van der Waals surface area contributed by atoms with Gasteiger partial charge in [0.15, 0.2) is 5.65 Å². The van der Waals surface area contributed by atoms with Crippen molar-refractivity contribution in [3.05, 3.63) is 24.2 Å². The van der Waals surface area contributed by atoms with E-state index in [0.29, 0.717) is 28.6 Å². The molecule has 2 aromatic rings. The minimum Gasteiger partial charge on any atom is -0.343 e. The first-order chi connectivity index (χ1) is 10.1. The van der Waals surface area contributed by atoms with Crippen LogP contribution in [0, 0.1) is 11.3 Å². The highest BCUT2D eigenvalue weighted by molar-refractivity contribution is 6.04. The lowest BCUT2D eigenvalue weighted by atomic mass is 9.55. The average Bonchev–Trinajstić information content (AvgIpc) is 2.82. The van der Waals surface area contributed by atoms with E-state index in [4.69, 9.17) is 0 Å². The van der Waals surface area contributed by atoms with Gasteiger partial charge in [-0.15, -0.1) is 0 Å². The molecule has 3 heterocycles. The molecule has 0 radical (unpaired) electrons. The van der Waals surface area contributed by atoms with Gasteiger partial charge in [-0.25, -0.2) is 9.97 Å². The van der Waals surface area contributed by atoms with E-state index in [1.165, 1.54) is 19.3 Å². The lowest BCUT2D eigenvalue weighted by Crippen LogP contribution is -2.70. The lowest BCUT2D eigenvalue weighted by Gasteiger charge is -2.64. The van der Waals surface area contributed by atoms with E-state index < -0.39 is 0 Å². The summed E-state index contributed by atoms with van der Waals surface area (Å²) in [4.78, 5) is 26.4. The first-order valence-corrected chi connectivity index (χ1v) is 7.71. The molecule has 4 rings (SSSR count). The Bertz CT molecular complexity index is 701. The molecular weight excluding hydrogens is 264 g/mol. The van der Waals surface area contributed by atoms with Crippen LogP contribution in [0.1, 0.15) is 43.5 Å². The van der Waals surface area contributed by atoms with Crippen LogP contribution >= 0.6 is 0 Å². The maximum atomic E-state index is 12.9. The molecule has 1 aliphatic heterocycles. The predicted molar refractivity (Wildman–Crippen MR) is 79.8 cm³/mol. The van der Waals surface area contributed by atoms with Crippen molar-refractivity contribution >= 4 is 17.1 Å². The Balaban J connectivity index is 1.67. The SMILES string of the molecule is CC(C)C1N(C(=O)c2ccnc3nc[nH]c23)CC12CCC2. The zero-order chi connectivity index (χ0) is 14.6. The van der Waals surface area contributed by atoms with E-state index in [1.807, 2.05) is 0 Å². The number of imidazole rings is 1. The maximum absolute atomic E-state index is 12.9. The van der Waals surface area contributed by atoms with Gasteiger partial charge in [0.1, 0.15) is 0 Å². The number of pyridine rings is 1. The monoisotopic (exact) mass is 284 g/mol. The number of carbonyl (C=O) groups is 1. The van der Waals surface area contributed by atoms with E-state index in [-0.39, 0.29) is 5.91 Å². The molecule has 2 aromatic heterocycles. The molecule has 1 N–H and O–H groups in total. The second-order valence-electron chi connectivity index (χ2n) is 6.80. The molecule has 1 atom stereocenters. The van der Waals surface area contributed by atoms with Gasteiger partial charge in [-0.1, -0.05) is 20.3 Å². The number of amides is 1. The van der Waals surface area contributed by atoms with Crippen molar-refractivity contribution < 1.29 is 4.79 Å². The van der Waals surface area contributed by atoms with E-state index >= 15 is 0 Å². The second-order valence-corrected chi connectivity index (χ2v) is 6.80. The molecular formula is C16H20N4O. The molecule has 1 saturated heterocycles. The molecule has 1 amide bonds. The van der Waals surface area contributed by atoms with Gasteiger partial charge in [0.05, 0.1) is 17.4 Å². The summed E-state index contributed by atoms with van der Waals surface area (Å²) in [7, 11) is 0. The lowest BCUT2D eigenvalue weighted by molar-refractivity contribution is -0.120. The van der Waals surface area contributed by atoms with Crippen LogP contribution in [0.25, 0.3) is 11.2 Å². The fourth-order valence-corrected chi connectivity index (χ4v) is 4.28. The molecule has 5 nitrogen and oxygen atoms in total. The van der Waals surface area contributed by atoms with Gasteiger partial charge >= 0.3 is 0 Å². The summed E-state index contributed by atoms with van der Waals surface area (Å²) in [6.07, 6.45) is 7.12. The minimum absolute atomic E-state index is 0.114. The number of aromatic amines is 1. The third-order valence-electron chi connectivity index (χ3n) is 5.25. The van der Waals surface area contributed by atoms with Crippen LogP contribution in [-0.2, 0) is 0 Å². The highest BCUT2D eigenvalue weighted by Crippen LogP contribution is 2.55. The topological polar surface area (TPSA) is 61.9 Å². The molecule has 1 saturated carbocycles. The molecule has 2 fully saturated rings. The number of likely N-dealkylation sites (tertiary alicyclic amines) is 1. The largest absolute Gasteiger partial charge is 0.343 e. The summed E-state index contributed by atoms with van der Waals surface area (Å²) in [5, 5.41) is 0. The Kier molecular flexibility index (Phi) is 2.62. The summed E-state index contributed by atoms with van der Waals surface area (Å²) in [6.45, 7) is 5.36. The van der Waals surface area contributed by atoms with Crippen molar-refractivity contribution in [2.24, 2.45) is 11.3 Å². The van der Waals surface area contributed by atoms with Crippen LogP contribution in [-0.4, -0.2) is 38.3 Å². The van der Waals surface area contributed by atoms with E-state index in [0.717, 1.165) is 12.1 Å². The number of nitrogens with zero attached hydrogens (tertiary/aromatic N) is 3. The second kappa shape index (κ2) is 4.29. The van der Waals surface area contributed by atoms with Gasteiger partial charge in [-0.3, -0.25) is 4.79 Å². The van der Waals surface area contributed by atoms with Crippen LogP contribution in [0.3, 0.4) is 0 Å². The molecule has 1 spiro atoms. The smallest absolute Gasteiger partial charge is 0.256 e. The number of carbonyl (C=O) groups excluding carboxylic acids is 1. The number of fused-ring (bicyclic) bond motifs is 1. The van der Waals surface area contributed by atoms with E-state index in [9.17, 15) is 4.79 Å². The minimum atomic E-state index is 0.114. The van der Waals surface area contributed by atoms with Crippen molar-refractivity contribution in [2.75, 3.05) is 6.54 Å². The van der Waals surface area contributed by atoms with Gasteiger partial charge in [-0.2, -0.15) is 0 Å². The Morgan fingerprint density at radius 1 is 1.43 bits per heavy atom. The molecule has 21 heavy (non-hydrogen) atoms. The quantitative estimate of drug-likeness (QED) is 0.922. The van der Waals surface area contributed by atoms with E-state index in [1.54, 1.807) is 18.6 Å². The Morgan fingerprint density at radius 2 is 2.24 bits per heavy atom. The first-order valence-electron chi connectivity index (χ1n) is 7.71. The number of H-pyrrole nitrogens is 1. The molecule has 0 aromatic carbocycles. The highest BCUT2D eigenvalue weighted by atomic mass is 16.2. The molecule has 1 unspecified atom stereocenters. The van der Waals surface area contributed by atoms with Gasteiger partial charge in [-0.05, 0) is 24.8 Å². The van der Waals surface area contributed by atoms with Crippen molar-refractivity contribution in [1.82, 2.24) is 19.9 Å². The summed E-state index contributed by atoms with van der Waals surface area (Å²) < 4.78 is 0. The van der Waals surface area contributed by atoms with Crippen LogP contribution < -0.4 is 0 Å².